The number of hydrogen-bond donors (Lipinski definition) is 0. The second-order valence-corrected chi connectivity index (χ2v) is 20.2. The van der Waals surface area contributed by atoms with Crippen LogP contribution in [-0.4, -0.2) is 0 Å². The molecule has 0 aromatic heterocycles. The molecule has 0 heterocycles. The standard InChI is InChI=1S/C72H46N2/c1-4-23-47(24-5-1)73(48-25-6-2-7-26-48)50-43-44-55-53-31-12-17-37-60(53)71(65(55)45-50)64-41-21-16-35-59(64)69-57-34-11-10-33-56(57)68(46-66(69)71)74(49-27-8-3-9-28-49)67-42-22-36-58-54-32-15-20-40-63(54)72(70(58)67)61-38-18-13-29-51(61)52-30-14-19-39-62(52)72/h1-46H. The summed E-state index contributed by atoms with van der Waals surface area (Å²) in [5.74, 6) is 0. The van der Waals surface area contributed by atoms with Gasteiger partial charge in [-0.3, -0.25) is 0 Å². The molecule has 0 bridgehead atoms. The van der Waals surface area contributed by atoms with E-state index in [1.54, 1.807) is 0 Å². The fourth-order valence-corrected chi connectivity index (χ4v) is 14.2. The number of rotatable bonds is 6. The summed E-state index contributed by atoms with van der Waals surface area (Å²) in [6.45, 7) is 0. The Bertz CT molecular complexity index is 4170. The Morgan fingerprint density at radius 3 is 1.18 bits per heavy atom. The monoisotopic (exact) mass is 938 g/mol. The molecule has 2 nitrogen and oxygen atoms in total. The maximum atomic E-state index is 2.61. The number of benzene rings is 12. The Morgan fingerprint density at radius 1 is 0.216 bits per heavy atom. The molecule has 0 N–H and O–H groups in total. The smallest absolute Gasteiger partial charge is 0.0746 e. The molecular formula is C72H46N2. The first kappa shape index (κ1) is 41.2. The van der Waals surface area contributed by atoms with Crippen LogP contribution in [0, 0.1) is 0 Å². The summed E-state index contributed by atoms with van der Waals surface area (Å²) in [5, 5.41) is 2.45. The van der Waals surface area contributed by atoms with Gasteiger partial charge in [0.25, 0.3) is 0 Å². The van der Waals surface area contributed by atoms with Gasteiger partial charge in [-0.15, -0.1) is 0 Å². The van der Waals surface area contributed by atoms with E-state index < -0.39 is 10.8 Å². The zero-order chi connectivity index (χ0) is 48.5. The Balaban J connectivity index is 1.02. The molecule has 16 rings (SSSR count). The van der Waals surface area contributed by atoms with Crippen molar-refractivity contribution >= 4 is 44.9 Å². The largest absolute Gasteiger partial charge is 0.310 e. The fraction of sp³-hybridized carbons (Fsp3) is 0.0278. The van der Waals surface area contributed by atoms with Gasteiger partial charge in [-0.05, 0) is 150 Å². The van der Waals surface area contributed by atoms with Gasteiger partial charge in [0.05, 0.1) is 22.2 Å². The quantitative estimate of drug-likeness (QED) is 0.164. The summed E-state index contributed by atoms with van der Waals surface area (Å²) in [6, 6.07) is 105. The van der Waals surface area contributed by atoms with Crippen LogP contribution < -0.4 is 9.80 Å². The van der Waals surface area contributed by atoms with Crippen LogP contribution in [-0.2, 0) is 10.8 Å². The highest BCUT2D eigenvalue weighted by Crippen LogP contribution is 2.68. The van der Waals surface area contributed by atoms with Crippen molar-refractivity contribution in [1.29, 1.82) is 0 Å². The number of nitrogens with zero attached hydrogens (tertiary/aromatic N) is 2. The lowest BCUT2D eigenvalue weighted by Gasteiger charge is -2.37. The highest BCUT2D eigenvalue weighted by molar-refractivity contribution is 6.13. The highest BCUT2D eigenvalue weighted by Gasteiger charge is 2.55. The third-order valence-corrected chi connectivity index (χ3v) is 16.8. The SMILES string of the molecule is c1ccc(N(c2ccccc2)c2ccc3c(c2)C2(c4ccccc4-3)c3ccccc3-c3c2cc(N(c2ccccc2)c2cccc4c2C2(c5ccccc5-c5ccccc52)c2ccccc2-4)c2ccccc32)cc1. The topological polar surface area (TPSA) is 6.48 Å². The van der Waals surface area contributed by atoms with E-state index in [4.69, 9.17) is 0 Å². The number of anilines is 6. The van der Waals surface area contributed by atoms with Gasteiger partial charge in [0.1, 0.15) is 0 Å². The van der Waals surface area contributed by atoms with Crippen molar-refractivity contribution < 1.29 is 0 Å². The minimum absolute atomic E-state index is 0.560. The fourth-order valence-electron chi connectivity index (χ4n) is 14.2. The van der Waals surface area contributed by atoms with E-state index in [-0.39, 0.29) is 0 Å². The normalized spacial score (nSPS) is 15.2. The first-order valence-electron chi connectivity index (χ1n) is 25.8. The average Bonchev–Trinajstić information content (AvgIpc) is 4.16. The first-order chi connectivity index (χ1) is 36.8. The van der Waals surface area contributed by atoms with E-state index >= 15 is 0 Å². The molecule has 2 heteroatoms. The molecule has 4 aliphatic carbocycles. The molecule has 74 heavy (non-hydrogen) atoms. The summed E-state index contributed by atoms with van der Waals surface area (Å²) in [6.07, 6.45) is 0. The summed E-state index contributed by atoms with van der Waals surface area (Å²) < 4.78 is 0. The molecule has 2 spiro atoms. The maximum Gasteiger partial charge on any atom is 0.0746 e. The van der Waals surface area contributed by atoms with E-state index in [0.717, 1.165) is 28.4 Å². The molecule has 0 radical (unpaired) electrons. The molecule has 0 amide bonds. The molecule has 0 saturated carbocycles. The van der Waals surface area contributed by atoms with Gasteiger partial charge in [-0.25, -0.2) is 0 Å². The van der Waals surface area contributed by atoms with E-state index in [1.165, 1.54) is 105 Å². The minimum atomic E-state index is -0.645. The molecule has 344 valence electrons. The molecule has 0 saturated heterocycles. The van der Waals surface area contributed by atoms with E-state index in [0.29, 0.717) is 0 Å². The highest BCUT2D eigenvalue weighted by atomic mass is 15.2. The summed E-state index contributed by atoms with van der Waals surface area (Å²) in [7, 11) is 0. The molecular weight excluding hydrogens is 893 g/mol. The van der Waals surface area contributed by atoms with Crippen LogP contribution >= 0.6 is 0 Å². The number of para-hydroxylation sites is 3. The van der Waals surface area contributed by atoms with Crippen molar-refractivity contribution in [3.05, 3.63) is 324 Å². The summed E-state index contributed by atoms with van der Waals surface area (Å²) in [5.41, 5.74) is 26.3. The lowest BCUT2D eigenvalue weighted by molar-refractivity contribution is 0.791. The van der Waals surface area contributed by atoms with Crippen LogP contribution in [0.1, 0.15) is 44.5 Å². The molecule has 0 aliphatic heterocycles. The maximum absolute atomic E-state index is 2.61. The lowest BCUT2D eigenvalue weighted by atomic mass is 9.69. The van der Waals surface area contributed by atoms with Gasteiger partial charge in [-0.2, -0.15) is 0 Å². The van der Waals surface area contributed by atoms with Crippen molar-refractivity contribution in [1.82, 2.24) is 0 Å². The van der Waals surface area contributed by atoms with Crippen molar-refractivity contribution in [3.63, 3.8) is 0 Å². The predicted molar refractivity (Wildman–Crippen MR) is 306 cm³/mol. The Kier molecular flexibility index (Phi) is 8.62. The number of fused-ring (bicyclic) bond motifs is 22. The minimum Gasteiger partial charge on any atom is -0.310 e. The van der Waals surface area contributed by atoms with Crippen molar-refractivity contribution in [2.75, 3.05) is 9.80 Å². The van der Waals surface area contributed by atoms with Crippen molar-refractivity contribution in [2.24, 2.45) is 0 Å². The van der Waals surface area contributed by atoms with Gasteiger partial charge in [-0.1, -0.05) is 218 Å². The van der Waals surface area contributed by atoms with Crippen LogP contribution in [0.3, 0.4) is 0 Å². The molecule has 1 atom stereocenters. The van der Waals surface area contributed by atoms with Gasteiger partial charge < -0.3 is 9.80 Å². The molecule has 1 unspecified atom stereocenters. The van der Waals surface area contributed by atoms with E-state index in [2.05, 4.69) is 289 Å². The summed E-state index contributed by atoms with van der Waals surface area (Å²) in [4.78, 5) is 5.02. The predicted octanol–water partition coefficient (Wildman–Crippen LogP) is 18.5. The van der Waals surface area contributed by atoms with Crippen LogP contribution in [0.5, 0.6) is 0 Å². The third-order valence-electron chi connectivity index (χ3n) is 16.8. The van der Waals surface area contributed by atoms with Crippen molar-refractivity contribution in [2.45, 2.75) is 10.8 Å². The van der Waals surface area contributed by atoms with Crippen LogP contribution in [0.2, 0.25) is 0 Å². The molecule has 12 aromatic rings. The number of hydrogen-bond acceptors (Lipinski definition) is 2. The van der Waals surface area contributed by atoms with E-state index in [9.17, 15) is 0 Å². The van der Waals surface area contributed by atoms with Gasteiger partial charge in [0.2, 0.25) is 0 Å². The lowest BCUT2D eigenvalue weighted by Crippen LogP contribution is -2.29. The zero-order valence-electron chi connectivity index (χ0n) is 40.5. The van der Waals surface area contributed by atoms with Crippen LogP contribution in [0.4, 0.5) is 34.1 Å². The van der Waals surface area contributed by atoms with E-state index in [1.807, 2.05) is 0 Å². The van der Waals surface area contributed by atoms with Crippen molar-refractivity contribution in [3.8, 4) is 44.5 Å². The second-order valence-electron chi connectivity index (χ2n) is 20.2. The van der Waals surface area contributed by atoms with Crippen LogP contribution in [0.25, 0.3) is 55.3 Å². The van der Waals surface area contributed by atoms with Crippen LogP contribution in [0.15, 0.2) is 279 Å². The van der Waals surface area contributed by atoms with Gasteiger partial charge in [0.15, 0.2) is 0 Å². The van der Waals surface area contributed by atoms with Gasteiger partial charge in [0, 0.05) is 33.7 Å². The average molecular weight is 939 g/mol. The zero-order valence-corrected chi connectivity index (χ0v) is 40.5. The Hall–Kier alpha value is -9.50. The molecule has 12 aromatic carbocycles. The molecule has 4 aliphatic rings. The Labute approximate surface area is 431 Å². The van der Waals surface area contributed by atoms with Gasteiger partial charge >= 0.3 is 0 Å². The second kappa shape index (κ2) is 15.5. The third kappa shape index (κ3) is 5.28. The first-order valence-corrected chi connectivity index (χ1v) is 25.8. The Morgan fingerprint density at radius 2 is 0.622 bits per heavy atom. The summed E-state index contributed by atoms with van der Waals surface area (Å²) >= 11 is 0. The molecule has 0 fully saturated rings.